The number of fused-ring (bicyclic) bond motifs is 7. The molecular formula is C35H24. The minimum Gasteiger partial charge on any atom is -0.0622 e. The zero-order valence-corrected chi connectivity index (χ0v) is 19.6. The lowest BCUT2D eigenvalue weighted by molar-refractivity contribution is 0.791. The van der Waals surface area contributed by atoms with E-state index in [4.69, 9.17) is 0 Å². The van der Waals surface area contributed by atoms with Gasteiger partial charge in [0.25, 0.3) is 0 Å². The van der Waals surface area contributed by atoms with Crippen molar-refractivity contribution in [2.75, 3.05) is 0 Å². The maximum absolute atomic E-state index is 2.51. The molecule has 2 aliphatic carbocycles. The lowest BCUT2D eigenvalue weighted by Gasteiger charge is -2.31. The second kappa shape index (κ2) is 6.71. The predicted octanol–water partition coefficient (Wildman–Crippen LogP) is 8.82. The van der Waals surface area contributed by atoms with Crippen molar-refractivity contribution in [3.8, 4) is 11.1 Å². The first-order valence-electron chi connectivity index (χ1n) is 12.5. The Morgan fingerprint density at radius 1 is 0.457 bits per heavy atom. The summed E-state index contributed by atoms with van der Waals surface area (Å²) in [5.74, 6) is 0.331. The Kier molecular flexibility index (Phi) is 3.67. The van der Waals surface area contributed by atoms with E-state index in [1.165, 1.54) is 66.1 Å². The fourth-order valence-corrected chi connectivity index (χ4v) is 7.01. The molecule has 0 aliphatic heterocycles. The Hall–Kier alpha value is -4.16. The molecular weight excluding hydrogens is 420 g/mol. The van der Waals surface area contributed by atoms with Crippen LogP contribution < -0.4 is 0 Å². The predicted molar refractivity (Wildman–Crippen MR) is 146 cm³/mol. The molecule has 0 fully saturated rings. The highest BCUT2D eigenvalue weighted by Gasteiger charge is 2.50. The molecule has 0 amide bonds. The van der Waals surface area contributed by atoms with Crippen LogP contribution in [0.5, 0.6) is 0 Å². The molecule has 0 nitrogen and oxygen atoms in total. The molecule has 0 radical (unpaired) electrons. The maximum Gasteiger partial charge on any atom is 0.0726 e. The summed E-state index contributed by atoms with van der Waals surface area (Å²) in [6.07, 6.45) is 0. The average molecular weight is 445 g/mol. The van der Waals surface area contributed by atoms with Crippen molar-refractivity contribution in [2.45, 2.75) is 18.3 Å². The molecule has 0 heterocycles. The number of hydrogen-bond donors (Lipinski definition) is 0. The molecule has 0 N–H and O–H groups in total. The van der Waals surface area contributed by atoms with E-state index in [0.29, 0.717) is 5.92 Å². The van der Waals surface area contributed by atoms with Gasteiger partial charge >= 0.3 is 0 Å². The van der Waals surface area contributed by atoms with E-state index in [9.17, 15) is 0 Å². The van der Waals surface area contributed by atoms with Crippen LogP contribution in [0.25, 0.3) is 32.7 Å². The van der Waals surface area contributed by atoms with Crippen LogP contribution in [0, 0.1) is 0 Å². The Bertz CT molecular complexity index is 1740. The summed E-state index contributed by atoms with van der Waals surface area (Å²) < 4.78 is 0. The van der Waals surface area contributed by atoms with Gasteiger partial charge in [0, 0.05) is 5.92 Å². The molecule has 1 spiro atoms. The summed E-state index contributed by atoms with van der Waals surface area (Å²) in [4.78, 5) is 0. The van der Waals surface area contributed by atoms with Gasteiger partial charge < -0.3 is 0 Å². The van der Waals surface area contributed by atoms with Crippen molar-refractivity contribution >= 4 is 21.5 Å². The standard InChI is InChI=1S/C35H24/c1-22(23-9-3-2-4-10-23)26-19-20-28-27-13-5-6-14-29(27)35(32(28)21-26)30-15-7-11-24-17-18-25-12-8-16-31(35)34(25)33(24)30/h2-22H,1H3. The zero-order chi connectivity index (χ0) is 23.1. The Morgan fingerprint density at radius 2 is 1.06 bits per heavy atom. The van der Waals surface area contributed by atoms with Crippen molar-refractivity contribution in [1.29, 1.82) is 0 Å². The molecule has 0 heteroatoms. The first-order valence-corrected chi connectivity index (χ1v) is 12.5. The Balaban J connectivity index is 1.51. The highest BCUT2D eigenvalue weighted by molar-refractivity contribution is 6.17. The maximum atomic E-state index is 2.51. The topological polar surface area (TPSA) is 0 Å². The molecule has 0 bridgehead atoms. The third kappa shape index (κ3) is 2.27. The van der Waals surface area contributed by atoms with Crippen molar-refractivity contribution in [1.82, 2.24) is 0 Å². The summed E-state index contributed by atoms with van der Waals surface area (Å²) in [7, 11) is 0. The molecule has 8 rings (SSSR count). The van der Waals surface area contributed by atoms with E-state index in [0.717, 1.165) is 0 Å². The van der Waals surface area contributed by atoms with E-state index < -0.39 is 0 Å². The summed E-state index contributed by atoms with van der Waals surface area (Å²) in [6.45, 7) is 2.33. The van der Waals surface area contributed by atoms with Gasteiger partial charge in [0.2, 0.25) is 0 Å². The van der Waals surface area contributed by atoms with E-state index in [1.54, 1.807) is 0 Å². The molecule has 6 aromatic rings. The van der Waals surface area contributed by atoms with Gasteiger partial charge in [0.05, 0.1) is 5.41 Å². The van der Waals surface area contributed by atoms with Gasteiger partial charge in [0.15, 0.2) is 0 Å². The Morgan fingerprint density at radius 3 is 1.77 bits per heavy atom. The monoisotopic (exact) mass is 444 g/mol. The van der Waals surface area contributed by atoms with Crippen LogP contribution in [-0.2, 0) is 5.41 Å². The van der Waals surface area contributed by atoms with Gasteiger partial charge in [-0.1, -0.05) is 128 Å². The van der Waals surface area contributed by atoms with Gasteiger partial charge in [-0.25, -0.2) is 0 Å². The minimum absolute atomic E-state index is 0.277. The number of hydrogen-bond acceptors (Lipinski definition) is 0. The summed E-state index contributed by atoms with van der Waals surface area (Å²) in [5, 5.41) is 5.51. The van der Waals surface area contributed by atoms with Crippen LogP contribution in [0.3, 0.4) is 0 Å². The van der Waals surface area contributed by atoms with Crippen LogP contribution in [0.4, 0.5) is 0 Å². The third-order valence-electron chi connectivity index (χ3n) is 8.56. The fraction of sp³-hybridized carbons (Fsp3) is 0.0857. The second-order valence-corrected chi connectivity index (χ2v) is 10.1. The largest absolute Gasteiger partial charge is 0.0726 e. The van der Waals surface area contributed by atoms with E-state index in [-0.39, 0.29) is 5.41 Å². The lowest BCUT2D eigenvalue weighted by Crippen LogP contribution is -2.26. The van der Waals surface area contributed by atoms with E-state index in [1.807, 2.05) is 0 Å². The molecule has 164 valence electrons. The van der Waals surface area contributed by atoms with Crippen LogP contribution in [-0.4, -0.2) is 0 Å². The summed E-state index contributed by atoms with van der Waals surface area (Å²) in [6, 6.07) is 45.5. The van der Waals surface area contributed by atoms with E-state index in [2.05, 4.69) is 128 Å². The Labute approximate surface area is 205 Å². The molecule has 0 aromatic heterocycles. The van der Waals surface area contributed by atoms with Crippen LogP contribution in [0.15, 0.2) is 121 Å². The normalized spacial score (nSPS) is 15.1. The fourth-order valence-electron chi connectivity index (χ4n) is 7.01. The molecule has 1 atom stereocenters. The third-order valence-corrected chi connectivity index (χ3v) is 8.56. The van der Waals surface area contributed by atoms with Gasteiger partial charge in [-0.3, -0.25) is 0 Å². The molecule has 6 aromatic carbocycles. The highest BCUT2D eigenvalue weighted by Crippen LogP contribution is 2.62. The first-order chi connectivity index (χ1) is 17.3. The average Bonchev–Trinajstić information content (AvgIpc) is 3.40. The van der Waals surface area contributed by atoms with Crippen LogP contribution >= 0.6 is 0 Å². The molecule has 0 saturated carbocycles. The molecule has 1 unspecified atom stereocenters. The highest BCUT2D eigenvalue weighted by atomic mass is 14.5. The van der Waals surface area contributed by atoms with Gasteiger partial charge in [-0.15, -0.1) is 0 Å². The molecule has 35 heavy (non-hydrogen) atoms. The van der Waals surface area contributed by atoms with Crippen molar-refractivity contribution in [2.24, 2.45) is 0 Å². The zero-order valence-electron chi connectivity index (χ0n) is 19.6. The van der Waals surface area contributed by atoms with Gasteiger partial charge in [-0.2, -0.15) is 0 Å². The quantitative estimate of drug-likeness (QED) is 0.234. The van der Waals surface area contributed by atoms with Crippen molar-refractivity contribution < 1.29 is 0 Å². The van der Waals surface area contributed by atoms with Crippen molar-refractivity contribution in [3.05, 3.63) is 155 Å². The smallest absolute Gasteiger partial charge is 0.0622 e. The second-order valence-electron chi connectivity index (χ2n) is 10.1. The first kappa shape index (κ1) is 19.2. The van der Waals surface area contributed by atoms with E-state index >= 15 is 0 Å². The van der Waals surface area contributed by atoms with Gasteiger partial charge in [-0.05, 0) is 66.1 Å². The minimum atomic E-state index is -0.277. The van der Waals surface area contributed by atoms with Crippen LogP contribution in [0.1, 0.15) is 46.2 Å². The number of rotatable bonds is 2. The molecule has 2 aliphatic rings. The summed E-state index contributed by atoms with van der Waals surface area (Å²) in [5.41, 5.74) is 10.9. The van der Waals surface area contributed by atoms with Gasteiger partial charge in [0.1, 0.15) is 0 Å². The lowest BCUT2D eigenvalue weighted by atomic mass is 9.69. The van der Waals surface area contributed by atoms with Crippen LogP contribution in [0.2, 0.25) is 0 Å². The molecule has 0 saturated heterocycles. The summed E-state index contributed by atoms with van der Waals surface area (Å²) >= 11 is 0. The SMILES string of the molecule is CC(c1ccccc1)c1ccc2c(c1)C1(c3ccccc3-2)c2cccc3ccc4cccc1c4c23. The van der Waals surface area contributed by atoms with Crippen molar-refractivity contribution in [3.63, 3.8) is 0 Å². The number of benzene rings is 6.